The van der Waals surface area contributed by atoms with Crippen molar-refractivity contribution in [3.8, 4) is 0 Å². The second kappa shape index (κ2) is 8.23. The van der Waals surface area contributed by atoms with E-state index >= 15 is 0 Å². The van der Waals surface area contributed by atoms with Gasteiger partial charge in [0.1, 0.15) is 12.6 Å². The first-order valence-electron chi connectivity index (χ1n) is 5.22. The Morgan fingerprint density at radius 2 is 2.00 bits per heavy atom. The molecule has 0 bridgehead atoms. The molecule has 0 heterocycles. The van der Waals surface area contributed by atoms with Crippen LogP contribution >= 0.6 is 0 Å². The third kappa shape index (κ3) is 7.93. The van der Waals surface area contributed by atoms with E-state index in [9.17, 15) is 9.59 Å². The Morgan fingerprint density at radius 1 is 1.33 bits per heavy atom. The summed E-state index contributed by atoms with van der Waals surface area (Å²) >= 11 is 0. The molecular formula is C10H19NO4. The fourth-order valence-electron chi connectivity index (χ4n) is 1.02. The van der Waals surface area contributed by atoms with Gasteiger partial charge in [0.15, 0.2) is 0 Å². The Hall–Kier alpha value is -1.10. The Bertz CT molecular complexity index is 206. The summed E-state index contributed by atoms with van der Waals surface area (Å²) in [6, 6.07) is -1.12. The number of carboxylic acids is 1. The molecule has 1 atom stereocenters. The van der Waals surface area contributed by atoms with Crippen LogP contribution in [0.15, 0.2) is 0 Å². The predicted octanol–water partition coefficient (Wildman–Crippen LogP) is 0.912. The lowest BCUT2D eigenvalue weighted by molar-refractivity contribution is -0.147. The zero-order valence-electron chi connectivity index (χ0n) is 9.07. The van der Waals surface area contributed by atoms with E-state index in [4.69, 9.17) is 15.6 Å². The van der Waals surface area contributed by atoms with Gasteiger partial charge in [0.25, 0.3) is 0 Å². The van der Waals surface area contributed by atoms with E-state index in [1.807, 2.05) is 0 Å². The molecule has 0 aromatic heterocycles. The van der Waals surface area contributed by atoms with Gasteiger partial charge in [0.2, 0.25) is 0 Å². The van der Waals surface area contributed by atoms with Crippen molar-refractivity contribution in [1.29, 1.82) is 0 Å². The minimum Gasteiger partial charge on any atom is -0.480 e. The summed E-state index contributed by atoms with van der Waals surface area (Å²) < 4.78 is 4.70. The molecule has 5 nitrogen and oxygen atoms in total. The predicted molar refractivity (Wildman–Crippen MR) is 55.3 cm³/mol. The van der Waals surface area contributed by atoms with Gasteiger partial charge < -0.3 is 15.6 Å². The maximum Gasteiger partial charge on any atom is 0.324 e. The highest BCUT2D eigenvalue weighted by atomic mass is 16.5. The van der Waals surface area contributed by atoms with E-state index in [1.165, 1.54) is 0 Å². The molecule has 0 radical (unpaired) electrons. The lowest BCUT2D eigenvalue weighted by atomic mass is 10.2. The molecule has 0 aliphatic rings. The van der Waals surface area contributed by atoms with Gasteiger partial charge in [-0.1, -0.05) is 26.2 Å². The van der Waals surface area contributed by atoms with E-state index in [2.05, 4.69) is 6.92 Å². The van der Waals surface area contributed by atoms with Crippen LogP contribution in [0, 0.1) is 0 Å². The van der Waals surface area contributed by atoms with Gasteiger partial charge >= 0.3 is 11.9 Å². The number of carbonyl (C=O) groups is 2. The minimum absolute atomic E-state index is 0.248. The maximum atomic E-state index is 11.1. The van der Waals surface area contributed by atoms with Crippen molar-refractivity contribution in [1.82, 2.24) is 0 Å². The highest BCUT2D eigenvalue weighted by molar-refractivity contribution is 5.74. The van der Waals surface area contributed by atoms with Crippen LogP contribution in [0.2, 0.25) is 0 Å². The number of hydrogen-bond acceptors (Lipinski definition) is 4. The lowest BCUT2D eigenvalue weighted by Crippen LogP contribution is -2.35. The van der Waals surface area contributed by atoms with Crippen molar-refractivity contribution in [2.45, 2.75) is 45.1 Å². The molecule has 0 aromatic rings. The van der Waals surface area contributed by atoms with Crippen molar-refractivity contribution in [3.63, 3.8) is 0 Å². The van der Waals surface area contributed by atoms with Gasteiger partial charge in [0, 0.05) is 6.42 Å². The number of carboxylic acid groups (broad SMARTS) is 1. The van der Waals surface area contributed by atoms with Crippen molar-refractivity contribution in [3.05, 3.63) is 0 Å². The average molecular weight is 217 g/mol. The van der Waals surface area contributed by atoms with Crippen molar-refractivity contribution < 1.29 is 19.4 Å². The third-order valence-corrected chi connectivity index (χ3v) is 1.98. The molecule has 0 rings (SSSR count). The number of hydrogen-bond donors (Lipinski definition) is 2. The molecule has 0 aromatic carbocycles. The van der Waals surface area contributed by atoms with Gasteiger partial charge in [-0.25, -0.2) is 0 Å². The second-order valence-corrected chi connectivity index (χ2v) is 3.44. The molecule has 88 valence electrons. The van der Waals surface area contributed by atoms with Crippen LogP contribution in [0.5, 0.6) is 0 Å². The fraction of sp³-hybridized carbons (Fsp3) is 0.800. The molecule has 3 N–H and O–H groups in total. The Labute approximate surface area is 89.6 Å². The molecule has 0 saturated carbocycles. The van der Waals surface area contributed by atoms with Gasteiger partial charge in [-0.3, -0.25) is 9.59 Å². The van der Waals surface area contributed by atoms with Crippen LogP contribution in [-0.2, 0) is 14.3 Å². The molecule has 0 fully saturated rings. The number of unbranched alkanes of at least 4 members (excludes halogenated alkanes) is 3. The number of esters is 1. The summed E-state index contributed by atoms with van der Waals surface area (Å²) in [5.74, 6) is -1.53. The fourth-order valence-corrected chi connectivity index (χ4v) is 1.02. The molecule has 0 spiro atoms. The molecular weight excluding hydrogens is 198 g/mol. The number of ether oxygens (including phenoxy) is 1. The quantitative estimate of drug-likeness (QED) is 0.466. The summed E-state index contributed by atoms with van der Waals surface area (Å²) in [6.45, 7) is 1.84. The Morgan fingerprint density at radius 3 is 2.53 bits per heavy atom. The zero-order valence-corrected chi connectivity index (χ0v) is 9.07. The topological polar surface area (TPSA) is 89.6 Å². The first-order valence-corrected chi connectivity index (χ1v) is 5.22. The highest BCUT2D eigenvalue weighted by Crippen LogP contribution is 2.03. The normalized spacial score (nSPS) is 12.1. The van der Waals surface area contributed by atoms with E-state index in [-0.39, 0.29) is 12.6 Å². The number of carbonyl (C=O) groups excluding carboxylic acids is 1. The molecule has 0 saturated heterocycles. The summed E-state index contributed by atoms with van der Waals surface area (Å²) in [7, 11) is 0. The summed E-state index contributed by atoms with van der Waals surface area (Å²) in [6.07, 6.45) is 4.33. The van der Waals surface area contributed by atoms with Crippen LogP contribution in [-0.4, -0.2) is 29.7 Å². The average Bonchev–Trinajstić information content (AvgIpc) is 2.20. The van der Waals surface area contributed by atoms with E-state index in [0.29, 0.717) is 6.42 Å². The van der Waals surface area contributed by atoms with Gasteiger partial charge in [-0.15, -0.1) is 0 Å². The molecule has 1 unspecified atom stereocenters. The first-order chi connectivity index (χ1) is 7.07. The number of aliphatic carboxylic acids is 1. The summed E-state index contributed by atoms with van der Waals surface area (Å²) in [5, 5.41) is 8.42. The lowest BCUT2D eigenvalue weighted by Gasteiger charge is -2.07. The third-order valence-electron chi connectivity index (χ3n) is 1.98. The van der Waals surface area contributed by atoms with Gasteiger partial charge in [-0.05, 0) is 6.42 Å². The molecule has 0 amide bonds. The van der Waals surface area contributed by atoms with Crippen LogP contribution < -0.4 is 5.73 Å². The standard InChI is InChI=1S/C10H19NO4/c1-2-3-4-5-6-9(12)15-7-8(11)10(13)14/h8H,2-7,11H2,1H3,(H,13,14). The SMILES string of the molecule is CCCCCCC(=O)OCC(N)C(=O)O. The van der Waals surface area contributed by atoms with Crippen LogP contribution in [0.25, 0.3) is 0 Å². The molecule has 0 aliphatic carbocycles. The maximum absolute atomic E-state index is 11.1. The van der Waals surface area contributed by atoms with Crippen LogP contribution in [0.3, 0.4) is 0 Å². The number of rotatable bonds is 8. The van der Waals surface area contributed by atoms with E-state index in [0.717, 1.165) is 25.7 Å². The Balaban J connectivity index is 3.45. The molecule has 5 heteroatoms. The van der Waals surface area contributed by atoms with E-state index < -0.39 is 12.0 Å². The summed E-state index contributed by atoms with van der Waals surface area (Å²) in [5.41, 5.74) is 5.16. The molecule has 15 heavy (non-hydrogen) atoms. The van der Waals surface area contributed by atoms with Crippen LogP contribution in [0.1, 0.15) is 39.0 Å². The van der Waals surface area contributed by atoms with Crippen molar-refractivity contribution in [2.24, 2.45) is 5.73 Å². The zero-order chi connectivity index (χ0) is 11.7. The monoisotopic (exact) mass is 217 g/mol. The van der Waals surface area contributed by atoms with Crippen LogP contribution in [0.4, 0.5) is 0 Å². The smallest absolute Gasteiger partial charge is 0.324 e. The number of nitrogens with two attached hydrogens (primary N) is 1. The van der Waals surface area contributed by atoms with Crippen molar-refractivity contribution >= 4 is 11.9 Å². The van der Waals surface area contributed by atoms with Gasteiger partial charge in [-0.2, -0.15) is 0 Å². The first kappa shape index (κ1) is 13.9. The second-order valence-electron chi connectivity index (χ2n) is 3.44. The molecule has 0 aliphatic heterocycles. The minimum atomic E-state index is -1.16. The largest absolute Gasteiger partial charge is 0.480 e. The highest BCUT2D eigenvalue weighted by Gasteiger charge is 2.13. The van der Waals surface area contributed by atoms with Crippen molar-refractivity contribution in [2.75, 3.05) is 6.61 Å². The Kier molecular flexibility index (Phi) is 7.62. The summed E-state index contributed by atoms with van der Waals surface area (Å²) in [4.78, 5) is 21.4. The van der Waals surface area contributed by atoms with E-state index in [1.54, 1.807) is 0 Å². The van der Waals surface area contributed by atoms with Gasteiger partial charge in [0.05, 0.1) is 0 Å².